The molecule has 0 saturated heterocycles. The largest absolute Gasteiger partial charge is 0.493 e. The molecule has 0 radical (unpaired) electrons. The first-order valence-electron chi connectivity index (χ1n) is 10.9. The van der Waals surface area contributed by atoms with Gasteiger partial charge < -0.3 is 14.4 Å². The van der Waals surface area contributed by atoms with Crippen LogP contribution in [0.1, 0.15) is 36.0 Å². The van der Waals surface area contributed by atoms with Crippen LogP contribution in [0.5, 0.6) is 11.5 Å². The van der Waals surface area contributed by atoms with E-state index in [2.05, 4.69) is 29.0 Å². The van der Waals surface area contributed by atoms with Crippen molar-refractivity contribution >= 4 is 34.6 Å². The number of hydrogen-bond acceptors (Lipinski definition) is 6. The third-order valence-electron chi connectivity index (χ3n) is 5.95. The van der Waals surface area contributed by atoms with Crippen molar-refractivity contribution in [2.75, 3.05) is 20.8 Å². The van der Waals surface area contributed by atoms with Gasteiger partial charge in [0.25, 0.3) is 5.91 Å². The number of carbonyl (C=O) groups excluding carboxylic acids is 2. The Morgan fingerprint density at radius 1 is 1.12 bits per heavy atom. The number of amides is 2. The second kappa shape index (κ2) is 9.79. The van der Waals surface area contributed by atoms with Crippen molar-refractivity contribution in [3.8, 4) is 11.5 Å². The van der Waals surface area contributed by atoms with Crippen LogP contribution in [0.3, 0.4) is 0 Å². The summed E-state index contributed by atoms with van der Waals surface area (Å²) in [6.07, 6.45) is 0.145. The minimum atomic E-state index is -0.613. The summed E-state index contributed by atoms with van der Waals surface area (Å²) in [6, 6.07) is 13.7. The number of aliphatic imine (C=N–C) groups is 2. The van der Waals surface area contributed by atoms with Crippen LogP contribution >= 0.6 is 11.8 Å². The quantitative estimate of drug-likeness (QED) is 0.636. The van der Waals surface area contributed by atoms with Crippen LogP contribution in [-0.2, 0) is 15.3 Å². The number of nitrogens with zero attached hydrogens (tertiary/aromatic N) is 3. The summed E-state index contributed by atoms with van der Waals surface area (Å²) in [5.74, 6) is 0.827. The molecule has 0 bridgehead atoms. The second-order valence-electron chi connectivity index (χ2n) is 8.00. The standard InChI is InChI=1S/C25H27N3O4S/c1-5-32-19-11-10-16(12-20(19)31-4)18-13-21(29)26-23-22(18)24(30)27-25(28(23)3)33-14-17-9-7-6-8-15(17)2/h6-12,18,22H,5,13-14H2,1-4H3. The molecule has 0 N–H and O–H groups in total. The Morgan fingerprint density at radius 2 is 1.91 bits per heavy atom. The molecule has 4 rings (SSSR count). The van der Waals surface area contributed by atoms with Gasteiger partial charge in [-0.05, 0) is 42.7 Å². The molecular weight excluding hydrogens is 438 g/mol. The number of amidine groups is 2. The van der Waals surface area contributed by atoms with Gasteiger partial charge in [-0.15, -0.1) is 0 Å². The number of ether oxygens (including phenoxy) is 2. The van der Waals surface area contributed by atoms with E-state index in [0.29, 0.717) is 34.9 Å². The van der Waals surface area contributed by atoms with E-state index in [1.807, 2.05) is 44.3 Å². The van der Waals surface area contributed by atoms with Gasteiger partial charge in [-0.3, -0.25) is 9.59 Å². The minimum Gasteiger partial charge on any atom is -0.493 e. The molecule has 2 heterocycles. The Labute approximate surface area is 197 Å². The van der Waals surface area contributed by atoms with Gasteiger partial charge in [-0.1, -0.05) is 42.1 Å². The van der Waals surface area contributed by atoms with Gasteiger partial charge in [0.2, 0.25) is 5.91 Å². The minimum absolute atomic E-state index is 0.145. The van der Waals surface area contributed by atoms with Crippen LogP contribution in [0.2, 0.25) is 0 Å². The van der Waals surface area contributed by atoms with Crippen LogP contribution < -0.4 is 9.47 Å². The maximum atomic E-state index is 13.2. The molecule has 0 aliphatic carbocycles. The number of benzene rings is 2. The van der Waals surface area contributed by atoms with E-state index in [0.717, 1.165) is 5.56 Å². The molecule has 0 fully saturated rings. The number of hydrogen-bond donors (Lipinski definition) is 0. The summed E-state index contributed by atoms with van der Waals surface area (Å²) in [7, 11) is 3.39. The van der Waals surface area contributed by atoms with Crippen molar-refractivity contribution in [3.63, 3.8) is 0 Å². The summed E-state index contributed by atoms with van der Waals surface area (Å²) < 4.78 is 11.1. The van der Waals surface area contributed by atoms with E-state index in [-0.39, 0.29) is 24.2 Å². The fraction of sp³-hybridized carbons (Fsp3) is 0.360. The van der Waals surface area contributed by atoms with E-state index < -0.39 is 5.92 Å². The summed E-state index contributed by atoms with van der Waals surface area (Å²) in [6.45, 7) is 4.47. The Balaban J connectivity index is 1.63. The predicted molar refractivity (Wildman–Crippen MR) is 130 cm³/mol. The number of thioether (sulfide) groups is 1. The van der Waals surface area contributed by atoms with Gasteiger partial charge in [0.05, 0.1) is 13.7 Å². The monoisotopic (exact) mass is 465 g/mol. The first kappa shape index (κ1) is 23.0. The number of carbonyl (C=O) groups is 2. The fourth-order valence-corrected chi connectivity index (χ4v) is 5.23. The van der Waals surface area contributed by atoms with Gasteiger partial charge in [-0.2, -0.15) is 9.98 Å². The van der Waals surface area contributed by atoms with E-state index in [9.17, 15) is 9.59 Å². The summed E-state index contributed by atoms with van der Waals surface area (Å²) >= 11 is 1.47. The molecule has 0 spiro atoms. The highest BCUT2D eigenvalue weighted by atomic mass is 32.2. The number of rotatable bonds is 6. The normalized spacial score (nSPS) is 20.2. The molecule has 33 heavy (non-hydrogen) atoms. The highest BCUT2D eigenvalue weighted by Gasteiger charge is 2.44. The topological polar surface area (TPSA) is 80.6 Å². The molecule has 8 heteroatoms. The third kappa shape index (κ3) is 4.66. The molecule has 2 atom stereocenters. The van der Waals surface area contributed by atoms with Gasteiger partial charge in [0.1, 0.15) is 11.8 Å². The lowest BCUT2D eigenvalue weighted by Crippen LogP contribution is -2.49. The average Bonchev–Trinajstić information content (AvgIpc) is 2.81. The van der Waals surface area contributed by atoms with Gasteiger partial charge in [0, 0.05) is 25.1 Å². The van der Waals surface area contributed by atoms with E-state index >= 15 is 0 Å². The van der Waals surface area contributed by atoms with E-state index in [1.165, 1.54) is 22.9 Å². The number of fused-ring (bicyclic) bond motifs is 1. The van der Waals surface area contributed by atoms with Crippen molar-refractivity contribution in [2.24, 2.45) is 15.9 Å². The molecule has 2 aliphatic rings. The number of methoxy groups -OCH3 is 1. The fourth-order valence-electron chi connectivity index (χ4n) is 4.18. The van der Waals surface area contributed by atoms with E-state index in [1.54, 1.807) is 12.0 Å². The SMILES string of the molecule is CCOc1ccc(C2CC(=O)N=C3C2C(=O)N=C(SCc2ccccc2C)N3C)cc1OC. The second-order valence-corrected chi connectivity index (χ2v) is 8.94. The molecule has 2 aliphatic heterocycles. The van der Waals surface area contributed by atoms with Crippen LogP contribution in [-0.4, -0.2) is 48.5 Å². The number of aryl methyl sites for hydroxylation is 1. The smallest absolute Gasteiger partial charge is 0.259 e. The molecular formula is C25H27N3O4S. The molecule has 172 valence electrons. The van der Waals surface area contributed by atoms with Crippen LogP contribution in [0.15, 0.2) is 52.4 Å². The molecule has 2 aromatic carbocycles. The lowest BCUT2D eigenvalue weighted by molar-refractivity contribution is -0.122. The highest BCUT2D eigenvalue weighted by Crippen LogP contribution is 2.40. The van der Waals surface area contributed by atoms with Crippen LogP contribution in [0, 0.1) is 12.8 Å². The Kier molecular flexibility index (Phi) is 6.83. The summed E-state index contributed by atoms with van der Waals surface area (Å²) in [4.78, 5) is 36.2. The zero-order chi connectivity index (χ0) is 23.5. The maximum absolute atomic E-state index is 13.2. The Hall–Kier alpha value is -3.13. The van der Waals surface area contributed by atoms with Crippen molar-refractivity contribution in [2.45, 2.75) is 31.9 Å². The molecule has 2 aromatic rings. The van der Waals surface area contributed by atoms with Crippen molar-refractivity contribution in [1.82, 2.24) is 4.90 Å². The molecule has 0 aromatic heterocycles. The Morgan fingerprint density at radius 3 is 2.64 bits per heavy atom. The lowest BCUT2D eigenvalue weighted by atomic mass is 9.79. The zero-order valence-corrected chi connectivity index (χ0v) is 20.0. The van der Waals surface area contributed by atoms with Crippen molar-refractivity contribution in [1.29, 1.82) is 0 Å². The average molecular weight is 466 g/mol. The molecule has 0 saturated carbocycles. The first-order chi connectivity index (χ1) is 15.9. The van der Waals surface area contributed by atoms with Crippen molar-refractivity contribution < 1.29 is 19.1 Å². The van der Waals surface area contributed by atoms with Crippen LogP contribution in [0.4, 0.5) is 0 Å². The zero-order valence-electron chi connectivity index (χ0n) is 19.2. The van der Waals surface area contributed by atoms with E-state index in [4.69, 9.17) is 9.47 Å². The van der Waals surface area contributed by atoms with Crippen molar-refractivity contribution in [3.05, 3.63) is 59.2 Å². The molecule has 2 amide bonds. The van der Waals surface area contributed by atoms with Gasteiger partial charge >= 0.3 is 0 Å². The summed E-state index contributed by atoms with van der Waals surface area (Å²) in [5.41, 5.74) is 3.19. The maximum Gasteiger partial charge on any atom is 0.259 e. The Bertz CT molecular complexity index is 1140. The highest BCUT2D eigenvalue weighted by molar-refractivity contribution is 8.13. The molecule has 2 unspecified atom stereocenters. The predicted octanol–water partition coefficient (Wildman–Crippen LogP) is 4.19. The summed E-state index contributed by atoms with van der Waals surface area (Å²) in [5, 5.41) is 0.552. The third-order valence-corrected chi connectivity index (χ3v) is 7.03. The van der Waals surface area contributed by atoms with Crippen LogP contribution in [0.25, 0.3) is 0 Å². The molecule has 7 nitrogen and oxygen atoms in total. The first-order valence-corrected chi connectivity index (χ1v) is 11.9. The van der Waals surface area contributed by atoms with Gasteiger partial charge in [-0.25, -0.2) is 0 Å². The lowest BCUT2D eigenvalue weighted by Gasteiger charge is -2.37. The van der Waals surface area contributed by atoms with Gasteiger partial charge in [0.15, 0.2) is 16.7 Å².